The highest BCUT2D eigenvalue weighted by Gasteiger charge is 2.39. The largest absolute Gasteiger partial charge is 0.377 e. The summed E-state index contributed by atoms with van der Waals surface area (Å²) in [6, 6.07) is 0.546. The van der Waals surface area contributed by atoms with Gasteiger partial charge >= 0.3 is 0 Å². The monoisotopic (exact) mass is 247 g/mol. The van der Waals surface area contributed by atoms with Crippen LogP contribution in [0.15, 0.2) is 23.4 Å². The maximum atomic E-state index is 5.30. The SMILES string of the molecule is C1=CC2(CCNCC2)CC2=C1N(C1COC1)NC2. The summed E-state index contributed by atoms with van der Waals surface area (Å²) >= 11 is 0. The van der Waals surface area contributed by atoms with Gasteiger partial charge in [-0.1, -0.05) is 6.08 Å². The first-order chi connectivity index (χ1) is 8.86. The Labute approximate surface area is 108 Å². The number of hydrogen-bond donors (Lipinski definition) is 2. The van der Waals surface area contributed by atoms with E-state index < -0.39 is 0 Å². The van der Waals surface area contributed by atoms with Crippen LogP contribution in [0.25, 0.3) is 0 Å². The first kappa shape index (κ1) is 11.0. The smallest absolute Gasteiger partial charge is 0.0921 e. The molecule has 0 amide bonds. The number of nitrogens with zero attached hydrogens (tertiary/aromatic N) is 1. The molecule has 4 rings (SSSR count). The van der Waals surface area contributed by atoms with Crippen molar-refractivity contribution in [1.82, 2.24) is 15.8 Å². The lowest BCUT2D eigenvalue weighted by Crippen LogP contribution is -2.52. The molecule has 4 nitrogen and oxygen atoms in total. The topological polar surface area (TPSA) is 36.5 Å². The second-order valence-corrected chi connectivity index (χ2v) is 6.01. The molecular weight excluding hydrogens is 226 g/mol. The van der Waals surface area contributed by atoms with Crippen molar-refractivity contribution in [2.24, 2.45) is 5.41 Å². The summed E-state index contributed by atoms with van der Waals surface area (Å²) in [5.74, 6) is 0. The van der Waals surface area contributed by atoms with Crippen molar-refractivity contribution >= 4 is 0 Å². The highest BCUT2D eigenvalue weighted by Crippen LogP contribution is 2.43. The summed E-state index contributed by atoms with van der Waals surface area (Å²) in [5.41, 5.74) is 7.00. The summed E-state index contributed by atoms with van der Waals surface area (Å²) in [4.78, 5) is 0. The van der Waals surface area contributed by atoms with Gasteiger partial charge in [0.2, 0.25) is 0 Å². The van der Waals surface area contributed by atoms with Gasteiger partial charge in [-0.15, -0.1) is 0 Å². The Morgan fingerprint density at radius 1 is 1.28 bits per heavy atom. The predicted octanol–water partition coefficient (Wildman–Crippen LogP) is 0.789. The molecule has 0 saturated carbocycles. The molecule has 1 aliphatic carbocycles. The third kappa shape index (κ3) is 1.63. The van der Waals surface area contributed by atoms with Crippen molar-refractivity contribution in [2.75, 3.05) is 32.8 Å². The molecule has 4 heteroatoms. The van der Waals surface area contributed by atoms with Crippen molar-refractivity contribution in [3.05, 3.63) is 23.4 Å². The van der Waals surface area contributed by atoms with E-state index in [2.05, 4.69) is 27.9 Å². The van der Waals surface area contributed by atoms with E-state index in [-0.39, 0.29) is 0 Å². The molecule has 2 fully saturated rings. The number of rotatable bonds is 1. The zero-order valence-electron chi connectivity index (χ0n) is 10.7. The minimum atomic E-state index is 0.442. The molecular formula is C14H21N3O. The predicted molar refractivity (Wildman–Crippen MR) is 69.8 cm³/mol. The van der Waals surface area contributed by atoms with Crippen LogP contribution in [-0.4, -0.2) is 43.9 Å². The van der Waals surface area contributed by atoms with Crippen LogP contribution in [0.5, 0.6) is 0 Å². The molecule has 4 aliphatic rings. The van der Waals surface area contributed by atoms with Crippen molar-refractivity contribution in [3.8, 4) is 0 Å². The highest BCUT2D eigenvalue weighted by atomic mass is 16.5. The Balaban J connectivity index is 1.55. The molecule has 0 aromatic rings. The number of ether oxygens (including phenoxy) is 1. The lowest BCUT2D eigenvalue weighted by atomic mass is 9.71. The molecule has 0 unspecified atom stereocenters. The van der Waals surface area contributed by atoms with Crippen molar-refractivity contribution in [2.45, 2.75) is 25.3 Å². The molecule has 18 heavy (non-hydrogen) atoms. The summed E-state index contributed by atoms with van der Waals surface area (Å²) in [5, 5.41) is 5.81. The third-order valence-electron chi connectivity index (χ3n) is 4.83. The molecule has 0 bridgehead atoms. The Hall–Kier alpha value is -0.840. The quantitative estimate of drug-likeness (QED) is 0.718. The van der Waals surface area contributed by atoms with Crippen molar-refractivity contribution in [3.63, 3.8) is 0 Å². The van der Waals surface area contributed by atoms with Gasteiger partial charge in [-0.25, -0.2) is 5.43 Å². The Kier molecular flexibility index (Phi) is 2.50. The number of piperidine rings is 1. The fourth-order valence-electron chi connectivity index (χ4n) is 3.58. The first-order valence-electron chi connectivity index (χ1n) is 7.09. The van der Waals surface area contributed by atoms with Crippen LogP contribution in [-0.2, 0) is 4.74 Å². The van der Waals surface area contributed by atoms with Gasteiger partial charge in [0.05, 0.1) is 25.0 Å². The average molecular weight is 247 g/mol. The molecule has 0 radical (unpaired) electrons. The van der Waals surface area contributed by atoms with Crippen molar-refractivity contribution in [1.29, 1.82) is 0 Å². The highest BCUT2D eigenvalue weighted by molar-refractivity contribution is 5.36. The third-order valence-corrected chi connectivity index (χ3v) is 4.83. The Bertz CT molecular complexity index is 405. The molecule has 2 N–H and O–H groups in total. The Morgan fingerprint density at radius 2 is 2.11 bits per heavy atom. The van der Waals surface area contributed by atoms with Crippen molar-refractivity contribution < 1.29 is 4.74 Å². The molecule has 98 valence electrons. The number of allylic oxidation sites excluding steroid dienone is 2. The van der Waals surface area contributed by atoms with Crippen LogP contribution in [0.3, 0.4) is 0 Å². The van der Waals surface area contributed by atoms with Crippen LogP contribution in [0.1, 0.15) is 19.3 Å². The molecule has 2 saturated heterocycles. The van der Waals surface area contributed by atoms with E-state index in [1.807, 2.05) is 0 Å². The van der Waals surface area contributed by atoms with Gasteiger partial charge in [0, 0.05) is 6.54 Å². The molecule has 3 aliphatic heterocycles. The van der Waals surface area contributed by atoms with E-state index in [1.54, 1.807) is 5.57 Å². The number of nitrogens with one attached hydrogen (secondary N) is 2. The van der Waals surface area contributed by atoms with E-state index in [0.29, 0.717) is 11.5 Å². The van der Waals surface area contributed by atoms with Crippen LogP contribution < -0.4 is 10.7 Å². The van der Waals surface area contributed by atoms with Gasteiger partial charge in [-0.05, 0) is 49.4 Å². The molecule has 0 aromatic heterocycles. The normalized spacial score (nSPS) is 30.8. The lowest BCUT2D eigenvalue weighted by molar-refractivity contribution is -0.0631. The minimum Gasteiger partial charge on any atom is -0.377 e. The Morgan fingerprint density at radius 3 is 2.83 bits per heavy atom. The molecule has 3 heterocycles. The first-order valence-corrected chi connectivity index (χ1v) is 7.09. The maximum Gasteiger partial charge on any atom is 0.0921 e. The summed E-state index contributed by atoms with van der Waals surface area (Å²) in [6.07, 6.45) is 8.66. The van der Waals surface area contributed by atoms with Gasteiger partial charge in [0.25, 0.3) is 0 Å². The lowest BCUT2D eigenvalue weighted by Gasteiger charge is -2.40. The molecule has 1 spiro atoms. The van der Waals surface area contributed by atoms with Gasteiger partial charge < -0.3 is 15.1 Å². The summed E-state index contributed by atoms with van der Waals surface area (Å²) < 4.78 is 5.30. The average Bonchev–Trinajstić information content (AvgIpc) is 2.71. The van der Waals surface area contributed by atoms with E-state index in [0.717, 1.165) is 19.8 Å². The van der Waals surface area contributed by atoms with Crippen LogP contribution in [0.2, 0.25) is 0 Å². The van der Waals surface area contributed by atoms with E-state index in [9.17, 15) is 0 Å². The van der Waals surface area contributed by atoms with E-state index in [4.69, 9.17) is 4.74 Å². The van der Waals surface area contributed by atoms with E-state index >= 15 is 0 Å². The standard InChI is InChI=1S/C14H21N3O/c1-2-14(3-5-15-6-4-14)7-11-8-16-17(13(1)11)12-9-18-10-12/h1-2,12,15-16H,3-10H2. The number of hydrogen-bond acceptors (Lipinski definition) is 4. The van der Waals surface area contributed by atoms with Crippen LogP contribution >= 0.6 is 0 Å². The second kappa shape index (κ2) is 4.08. The molecule has 0 aromatic carbocycles. The van der Waals surface area contributed by atoms with Gasteiger partial charge in [-0.3, -0.25) is 0 Å². The summed E-state index contributed by atoms with van der Waals surface area (Å²) in [6.45, 7) is 5.10. The van der Waals surface area contributed by atoms with Gasteiger partial charge in [0.15, 0.2) is 0 Å². The maximum absolute atomic E-state index is 5.30. The van der Waals surface area contributed by atoms with Crippen LogP contribution in [0, 0.1) is 5.41 Å². The van der Waals surface area contributed by atoms with Gasteiger partial charge in [-0.2, -0.15) is 0 Å². The zero-order valence-corrected chi connectivity index (χ0v) is 10.7. The fourth-order valence-corrected chi connectivity index (χ4v) is 3.58. The van der Waals surface area contributed by atoms with E-state index in [1.165, 1.54) is 38.0 Å². The van der Waals surface area contributed by atoms with Gasteiger partial charge in [0.1, 0.15) is 0 Å². The zero-order chi connectivity index (χ0) is 12.0. The molecule has 0 atom stereocenters. The summed E-state index contributed by atoms with van der Waals surface area (Å²) in [7, 11) is 0. The number of hydrazine groups is 1. The minimum absolute atomic E-state index is 0.442. The second-order valence-electron chi connectivity index (χ2n) is 6.01. The van der Waals surface area contributed by atoms with Crippen LogP contribution in [0.4, 0.5) is 0 Å². The fraction of sp³-hybridized carbons (Fsp3) is 0.714.